The van der Waals surface area contributed by atoms with Crippen LogP contribution in [-0.4, -0.2) is 39.9 Å². The maximum absolute atomic E-state index is 12.4. The average Bonchev–Trinajstić information content (AvgIpc) is 2.42. The van der Waals surface area contributed by atoms with E-state index in [1.807, 2.05) is 0 Å². The van der Waals surface area contributed by atoms with Crippen LogP contribution in [0.25, 0.3) is 0 Å². The van der Waals surface area contributed by atoms with Crippen molar-refractivity contribution in [3.63, 3.8) is 0 Å². The van der Waals surface area contributed by atoms with Crippen molar-refractivity contribution in [1.29, 1.82) is 0 Å². The summed E-state index contributed by atoms with van der Waals surface area (Å²) in [7, 11) is -3.70. The van der Waals surface area contributed by atoms with Gasteiger partial charge in [-0.25, -0.2) is 9.36 Å². The Balaban J connectivity index is 4.27. The molecule has 0 fully saturated rings. The number of phosphoric ester groups is 1. The second-order valence-electron chi connectivity index (χ2n) is 3.68. The summed E-state index contributed by atoms with van der Waals surface area (Å²) in [6.07, 6.45) is 2.17. The predicted molar refractivity (Wildman–Crippen MR) is 99.1 cm³/mol. The molecule has 0 radical (unpaired) electrons. The molecule has 0 saturated carbocycles. The molecule has 0 aromatic rings. The number of phosphoric acid groups is 1. The zero-order valence-corrected chi connectivity index (χ0v) is 18.8. The highest BCUT2D eigenvalue weighted by atomic mass is 79.9. The van der Waals surface area contributed by atoms with Crippen molar-refractivity contribution < 1.29 is 27.7 Å². The third-order valence-electron chi connectivity index (χ3n) is 1.91. The normalized spacial score (nSPS) is 11.9. The second kappa shape index (κ2) is 13.5. The molecule has 130 valence electrons. The van der Waals surface area contributed by atoms with Crippen molar-refractivity contribution in [2.75, 3.05) is 26.4 Å². The zero-order chi connectivity index (χ0) is 17.0. The van der Waals surface area contributed by atoms with Gasteiger partial charge >= 0.3 is 13.8 Å². The van der Waals surface area contributed by atoms with Crippen molar-refractivity contribution in [2.45, 2.75) is 20.3 Å². The van der Waals surface area contributed by atoms with Crippen LogP contribution < -0.4 is 0 Å². The highest BCUT2D eigenvalue weighted by Crippen LogP contribution is 2.49. The third kappa shape index (κ3) is 13.7. The number of halogens is 4. The fourth-order valence-corrected chi connectivity index (χ4v) is 2.90. The van der Waals surface area contributed by atoms with Crippen LogP contribution in [0.3, 0.4) is 0 Å². The van der Waals surface area contributed by atoms with Gasteiger partial charge in [0.2, 0.25) is 0 Å². The number of hydrogen-bond acceptors (Lipinski definition) is 6. The lowest BCUT2D eigenvalue weighted by Crippen LogP contribution is -2.11. The first kappa shape index (κ1) is 23.2. The van der Waals surface area contributed by atoms with Gasteiger partial charge in [-0.05, 0) is 12.8 Å². The largest absolute Gasteiger partial charge is 0.474 e. The van der Waals surface area contributed by atoms with E-state index in [4.69, 9.17) is 18.3 Å². The molecular formula is C11H17Br4O6P. The second-order valence-corrected chi connectivity index (χ2v) is 12.2. The number of ether oxygens (including phenoxy) is 1. The van der Waals surface area contributed by atoms with Crippen molar-refractivity contribution in [2.24, 2.45) is 0 Å². The molecule has 0 heterocycles. The van der Waals surface area contributed by atoms with Crippen LogP contribution in [0, 0.1) is 0 Å². The Kier molecular flexibility index (Phi) is 14.3. The van der Waals surface area contributed by atoms with Gasteiger partial charge in [0.15, 0.2) is 0 Å². The number of esters is 1. The quantitative estimate of drug-likeness (QED) is 0.0994. The predicted octanol–water partition coefficient (Wildman–Crippen LogP) is 4.89. The van der Waals surface area contributed by atoms with Crippen molar-refractivity contribution in [3.8, 4) is 0 Å². The van der Waals surface area contributed by atoms with Gasteiger partial charge in [0.05, 0.1) is 27.3 Å². The van der Waals surface area contributed by atoms with Crippen LogP contribution in [0.2, 0.25) is 0 Å². The number of alkyl halides is 4. The molecule has 0 aliphatic carbocycles. The van der Waals surface area contributed by atoms with Crippen LogP contribution >= 0.6 is 71.5 Å². The maximum atomic E-state index is 12.4. The molecule has 22 heavy (non-hydrogen) atoms. The van der Waals surface area contributed by atoms with Gasteiger partial charge in [0.25, 0.3) is 0 Å². The van der Waals surface area contributed by atoms with Crippen LogP contribution in [-0.2, 0) is 27.7 Å². The molecule has 11 heteroatoms. The van der Waals surface area contributed by atoms with Crippen LogP contribution in [0.15, 0.2) is 12.7 Å². The Bertz CT molecular complexity index is 362. The molecule has 0 aromatic carbocycles. The minimum absolute atomic E-state index is 0.0384. The smallest absolute Gasteiger partial charge is 0.460 e. The van der Waals surface area contributed by atoms with Crippen molar-refractivity contribution in [3.05, 3.63) is 12.7 Å². The van der Waals surface area contributed by atoms with Crippen molar-refractivity contribution in [1.82, 2.24) is 0 Å². The minimum Gasteiger partial charge on any atom is -0.460 e. The Hall–Kier alpha value is 1.24. The van der Waals surface area contributed by atoms with E-state index in [-0.39, 0.29) is 33.9 Å². The Morgan fingerprint density at radius 1 is 0.955 bits per heavy atom. The van der Waals surface area contributed by atoms with E-state index in [1.54, 1.807) is 0 Å². The molecule has 0 N–H and O–H groups in total. The van der Waals surface area contributed by atoms with E-state index in [2.05, 4.69) is 70.3 Å². The number of carbonyl (C=O) groups excluding carboxylic acids is 1. The monoisotopic (exact) mass is 592 g/mol. The van der Waals surface area contributed by atoms with E-state index < -0.39 is 13.8 Å². The SMILES string of the molecule is C=CC(=O)OCCOP(=O)(OCCC(Br)Br)OCCC(Br)Br. The number of carbonyl (C=O) groups is 1. The molecule has 0 spiro atoms. The first-order valence-corrected chi connectivity index (χ1v) is 11.3. The van der Waals surface area contributed by atoms with E-state index in [0.717, 1.165) is 6.08 Å². The lowest BCUT2D eigenvalue weighted by atomic mass is 10.5. The summed E-state index contributed by atoms with van der Waals surface area (Å²) in [4.78, 5) is 10.9. The molecular weight excluding hydrogens is 579 g/mol. The fraction of sp³-hybridized carbons (Fsp3) is 0.727. The third-order valence-corrected chi connectivity index (χ3v) is 5.24. The van der Waals surface area contributed by atoms with Gasteiger partial charge in [0, 0.05) is 6.08 Å². The molecule has 0 bridgehead atoms. The van der Waals surface area contributed by atoms with Gasteiger partial charge in [-0.1, -0.05) is 70.3 Å². The average molecular weight is 596 g/mol. The summed E-state index contributed by atoms with van der Waals surface area (Å²) < 4.78 is 32.8. The van der Waals surface area contributed by atoms with Gasteiger partial charge in [-0.3, -0.25) is 13.6 Å². The molecule has 0 unspecified atom stereocenters. The summed E-state index contributed by atoms with van der Waals surface area (Å²) >= 11 is 13.2. The van der Waals surface area contributed by atoms with E-state index in [0.29, 0.717) is 12.8 Å². The first-order chi connectivity index (χ1) is 10.3. The number of hydrogen-bond donors (Lipinski definition) is 0. The molecule has 0 saturated heterocycles. The molecule has 0 rings (SSSR count). The molecule has 0 atom stereocenters. The van der Waals surface area contributed by atoms with E-state index in [9.17, 15) is 9.36 Å². The van der Waals surface area contributed by atoms with Gasteiger partial charge < -0.3 is 4.74 Å². The summed E-state index contributed by atoms with van der Waals surface area (Å²) in [6.45, 7) is 3.45. The van der Waals surface area contributed by atoms with Gasteiger partial charge in [0.1, 0.15) is 6.61 Å². The molecule has 0 aliphatic rings. The Labute approximate surface area is 163 Å². The Morgan fingerprint density at radius 2 is 1.41 bits per heavy atom. The highest BCUT2D eigenvalue weighted by molar-refractivity contribution is 9.25. The molecule has 0 amide bonds. The molecule has 0 aromatic heterocycles. The minimum atomic E-state index is -3.70. The summed E-state index contributed by atoms with van der Waals surface area (Å²) in [5.41, 5.74) is 0. The van der Waals surface area contributed by atoms with Gasteiger partial charge in [-0.15, -0.1) is 0 Å². The summed E-state index contributed by atoms with van der Waals surface area (Å²) in [5, 5.41) is 0. The molecule has 0 aliphatic heterocycles. The van der Waals surface area contributed by atoms with E-state index >= 15 is 0 Å². The first-order valence-electron chi connectivity index (χ1n) is 6.18. The standard InChI is InChI=1S/C11H17Br4O6P/c1-2-11(16)18-7-8-21-22(17,19-5-3-9(12)13)20-6-4-10(14)15/h2,9-10H,1,3-8H2. The van der Waals surface area contributed by atoms with Crippen LogP contribution in [0.1, 0.15) is 12.8 Å². The zero-order valence-electron chi connectivity index (χ0n) is 11.6. The summed E-state index contributed by atoms with van der Waals surface area (Å²) in [6, 6.07) is 0. The van der Waals surface area contributed by atoms with Crippen LogP contribution in [0.5, 0.6) is 0 Å². The highest BCUT2D eigenvalue weighted by Gasteiger charge is 2.27. The maximum Gasteiger partial charge on any atom is 0.474 e. The topological polar surface area (TPSA) is 71.1 Å². The summed E-state index contributed by atoms with van der Waals surface area (Å²) in [5.74, 6) is -0.580. The Morgan fingerprint density at radius 3 is 1.82 bits per heavy atom. The fourth-order valence-electron chi connectivity index (χ4n) is 0.969. The van der Waals surface area contributed by atoms with E-state index in [1.165, 1.54) is 0 Å². The van der Waals surface area contributed by atoms with Crippen molar-refractivity contribution >= 4 is 77.5 Å². The van der Waals surface area contributed by atoms with Crippen LogP contribution in [0.4, 0.5) is 0 Å². The molecule has 6 nitrogen and oxygen atoms in total. The lowest BCUT2D eigenvalue weighted by molar-refractivity contribution is -0.138. The lowest BCUT2D eigenvalue weighted by Gasteiger charge is -2.18. The van der Waals surface area contributed by atoms with Gasteiger partial charge in [-0.2, -0.15) is 0 Å². The number of rotatable bonds is 13.